The van der Waals surface area contributed by atoms with Crippen molar-refractivity contribution in [2.45, 2.75) is 46.5 Å². The van der Waals surface area contributed by atoms with E-state index in [0.717, 1.165) is 23.5 Å². The van der Waals surface area contributed by atoms with E-state index in [4.69, 9.17) is 4.74 Å². The van der Waals surface area contributed by atoms with E-state index in [0.29, 0.717) is 34.5 Å². The van der Waals surface area contributed by atoms with Crippen molar-refractivity contribution in [2.24, 2.45) is 0 Å². The molecule has 0 saturated carbocycles. The molecule has 30 heavy (non-hydrogen) atoms. The fraction of sp³-hybridized carbons (Fsp3) is 0.381. The van der Waals surface area contributed by atoms with Gasteiger partial charge in [0.25, 0.3) is 5.91 Å². The van der Waals surface area contributed by atoms with Gasteiger partial charge in [-0.2, -0.15) is 5.10 Å². The van der Waals surface area contributed by atoms with Crippen LogP contribution in [0, 0.1) is 6.92 Å². The molecule has 0 radical (unpaired) electrons. The number of ether oxygens (including phenoxy) is 1. The lowest BCUT2D eigenvalue weighted by Gasteiger charge is -2.07. The quantitative estimate of drug-likeness (QED) is 0.536. The predicted molar refractivity (Wildman–Crippen MR) is 115 cm³/mol. The summed E-state index contributed by atoms with van der Waals surface area (Å²) in [6.07, 6.45) is 3.47. The van der Waals surface area contributed by atoms with Gasteiger partial charge in [0.1, 0.15) is 10.6 Å². The second kappa shape index (κ2) is 9.62. The summed E-state index contributed by atoms with van der Waals surface area (Å²) in [5.41, 5.74) is 2.33. The second-order valence-corrected chi connectivity index (χ2v) is 7.74. The van der Waals surface area contributed by atoms with E-state index >= 15 is 0 Å². The van der Waals surface area contributed by atoms with Crippen molar-refractivity contribution >= 4 is 28.3 Å². The Morgan fingerprint density at radius 1 is 1.13 bits per heavy atom. The lowest BCUT2D eigenvalue weighted by Crippen LogP contribution is -2.12. The highest BCUT2D eigenvalue weighted by molar-refractivity contribution is 7.15. The summed E-state index contributed by atoms with van der Waals surface area (Å²) in [6, 6.07) is 6.97. The zero-order valence-corrected chi connectivity index (χ0v) is 18.3. The summed E-state index contributed by atoms with van der Waals surface area (Å²) in [5.74, 6) is -0.287. The van der Waals surface area contributed by atoms with Gasteiger partial charge in [0.15, 0.2) is 0 Å². The van der Waals surface area contributed by atoms with Gasteiger partial charge in [-0.15, -0.1) is 10.2 Å². The third kappa shape index (κ3) is 4.56. The van der Waals surface area contributed by atoms with E-state index in [-0.39, 0.29) is 5.91 Å². The fourth-order valence-corrected chi connectivity index (χ4v) is 4.10. The van der Waals surface area contributed by atoms with Gasteiger partial charge in [-0.25, -0.2) is 9.48 Å². The van der Waals surface area contributed by atoms with Crippen LogP contribution in [0.15, 0.2) is 30.5 Å². The van der Waals surface area contributed by atoms with Crippen molar-refractivity contribution in [2.75, 3.05) is 11.9 Å². The lowest BCUT2D eigenvalue weighted by atomic mass is 10.1. The molecule has 3 rings (SSSR count). The number of nitrogens with one attached hydrogen (secondary N) is 1. The molecule has 2 heterocycles. The topological polar surface area (TPSA) is 99.0 Å². The standard InChI is InChI=1S/C21H25N5O3S/c1-5-14(6-2)19-24-25-21(30-19)23-18(27)15-8-10-16(11-9-15)26-13(4)17(12-22-26)20(28)29-7-3/h8-12,14H,5-7H2,1-4H3,(H,23,25,27). The third-order valence-electron chi connectivity index (χ3n) is 4.88. The Morgan fingerprint density at radius 3 is 2.47 bits per heavy atom. The van der Waals surface area contributed by atoms with Crippen LogP contribution >= 0.6 is 11.3 Å². The van der Waals surface area contributed by atoms with Crippen molar-refractivity contribution in [3.8, 4) is 5.69 Å². The van der Waals surface area contributed by atoms with Gasteiger partial charge >= 0.3 is 5.97 Å². The van der Waals surface area contributed by atoms with Crippen molar-refractivity contribution in [3.63, 3.8) is 0 Å². The van der Waals surface area contributed by atoms with Crippen LogP contribution in [0.2, 0.25) is 0 Å². The Balaban J connectivity index is 1.72. The maximum absolute atomic E-state index is 12.6. The minimum absolute atomic E-state index is 0.252. The fourth-order valence-electron chi connectivity index (χ4n) is 3.09. The second-order valence-electron chi connectivity index (χ2n) is 6.74. The monoisotopic (exact) mass is 427 g/mol. The van der Waals surface area contributed by atoms with Gasteiger partial charge in [-0.05, 0) is 51.0 Å². The Kier molecular flexibility index (Phi) is 6.94. The van der Waals surface area contributed by atoms with Gasteiger partial charge in [-0.3, -0.25) is 10.1 Å². The molecule has 1 aromatic carbocycles. The zero-order valence-electron chi connectivity index (χ0n) is 17.5. The van der Waals surface area contributed by atoms with Crippen molar-refractivity contribution in [3.05, 3.63) is 52.3 Å². The predicted octanol–water partition coefficient (Wildman–Crippen LogP) is 4.36. The van der Waals surface area contributed by atoms with E-state index < -0.39 is 5.97 Å². The van der Waals surface area contributed by atoms with Gasteiger partial charge < -0.3 is 4.74 Å². The Hall–Kier alpha value is -3.07. The number of esters is 1. The number of nitrogens with zero attached hydrogens (tertiary/aromatic N) is 4. The number of rotatable bonds is 8. The number of carbonyl (C=O) groups excluding carboxylic acids is 2. The van der Waals surface area contributed by atoms with Crippen molar-refractivity contribution in [1.29, 1.82) is 0 Å². The Morgan fingerprint density at radius 2 is 1.83 bits per heavy atom. The van der Waals surface area contributed by atoms with Crippen LogP contribution in [0.3, 0.4) is 0 Å². The molecule has 158 valence electrons. The number of benzene rings is 1. The molecule has 0 aliphatic rings. The lowest BCUT2D eigenvalue weighted by molar-refractivity contribution is 0.0525. The molecule has 0 unspecified atom stereocenters. The molecular weight excluding hydrogens is 402 g/mol. The SMILES string of the molecule is CCOC(=O)c1cnn(-c2ccc(C(=O)Nc3nnc(C(CC)CC)s3)cc2)c1C. The average Bonchev–Trinajstić information content (AvgIpc) is 3.36. The molecule has 3 aromatic rings. The van der Waals surface area contributed by atoms with Crippen molar-refractivity contribution in [1.82, 2.24) is 20.0 Å². The van der Waals surface area contributed by atoms with Gasteiger partial charge in [0, 0.05) is 11.5 Å². The van der Waals surface area contributed by atoms with E-state index in [1.807, 2.05) is 0 Å². The van der Waals surface area contributed by atoms with E-state index in [1.54, 1.807) is 42.8 Å². The van der Waals surface area contributed by atoms with Crippen LogP contribution in [-0.4, -0.2) is 38.5 Å². The number of hydrogen-bond acceptors (Lipinski definition) is 7. The van der Waals surface area contributed by atoms with E-state index in [1.165, 1.54) is 17.5 Å². The molecule has 2 aromatic heterocycles. The average molecular weight is 428 g/mol. The minimum Gasteiger partial charge on any atom is -0.462 e. The molecule has 0 bridgehead atoms. The highest BCUT2D eigenvalue weighted by atomic mass is 32.1. The molecule has 1 N–H and O–H groups in total. The van der Waals surface area contributed by atoms with Gasteiger partial charge in [0.2, 0.25) is 5.13 Å². The first-order chi connectivity index (χ1) is 14.5. The third-order valence-corrected chi connectivity index (χ3v) is 5.88. The number of aromatic nitrogens is 4. The normalized spacial score (nSPS) is 11.0. The first-order valence-corrected chi connectivity index (χ1v) is 10.8. The largest absolute Gasteiger partial charge is 0.462 e. The first-order valence-electron chi connectivity index (χ1n) is 9.95. The molecule has 1 amide bonds. The molecule has 0 spiro atoms. The summed E-state index contributed by atoms with van der Waals surface area (Å²) >= 11 is 1.41. The Labute approximate surface area is 179 Å². The molecule has 0 saturated heterocycles. The molecule has 0 fully saturated rings. The number of amides is 1. The van der Waals surface area contributed by atoms with E-state index in [2.05, 4.69) is 34.5 Å². The van der Waals surface area contributed by atoms with Gasteiger partial charge in [0.05, 0.1) is 24.2 Å². The maximum atomic E-state index is 12.6. The van der Waals surface area contributed by atoms with Crippen LogP contribution in [0.1, 0.15) is 70.9 Å². The molecular formula is C21H25N5O3S. The molecule has 8 nitrogen and oxygen atoms in total. The Bertz CT molecular complexity index is 1020. The van der Waals surface area contributed by atoms with Crippen LogP contribution in [0.4, 0.5) is 5.13 Å². The molecule has 0 aliphatic carbocycles. The van der Waals surface area contributed by atoms with E-state index in [9.17, 15) is 9.59 Å². The smallest absolute Gasteiger partial charge is 0.341 e. The zero-order chi connectivity index (χ0) is 21.7. The highest BCUT2D eigenvalue weighted by Crippen LogP contribution is 2.28. The number of hydrogen-bond donors (Lipinski definition) is 1. The van der Waals surface area contributed by atoms with Crippen LogP contribution in [0.5, 0.6) is 0 Å². The summed E-state index contributed by atoms with van der Waals surface area (Å²) in [7, 11) is 0. The first kappa shape index (κ1) is 21.6. The minimum atomic E-state index is -0.401. The van der Waals surface area contributed by atoms with Crippen LogP contribution < -0.4 is 5.32 Å². The molecule has 0 aliphatic heterocycles. The van der Waals surface area contributed by atoms with Gasteiger partial charge in [-0.1, -0.05) is 25.2 Å². The van der Waals surface area contributed by atoms with Crippen molar-refractivity contribution < 1.29 is 14.3 Å². The summed E-state index contributed by atoms with van der Waals surface area (Å²) in [5, 5.41) is 16.8. The number of anilines is 1. The van der Waals surface area contributed by atoms with Crippen LogP contribution in [-0.2, 0) is 4.74 Å². The van der Waals surface area contributed by atoms with Crippen LogP contribution in [0.25, 0.3) is 5.69 Å². The molecule has 0 atom stereocenters. The summed E-state index contributed by atoms with van der Waals surface area (Å²) < 4.78 is 6.68. The molecule has 9 heteroatoms. The summed E-state index contributed by atoms with van der Waals surface area (Å²) in [4.78, 5) is 24.5. The maximum Gasteiger partial charge on any atom is 0.341 e. The summed E-state index contributed by atoms with van der Waals surface area (Å²) in [6.45, 7) is 8.10. The number of carbonyl (C=O) groups is 2. The highest BCUT2D eigenvalue weighted by Gasteiger charge is 2.17.